The van der Waals surface area contributed by atoms with Crippen LogP contribution in [0, 0.1) is 0 Å². The number of rotatable bonds is 3. The molecule has 0 saturated carbocycles. The molecule has 0 aliphatic carbocycles. The minimum atomic E-state index is 0.340. The second kappa shape index (κ2) is 4.29. The van der Waals surface area contributed by atoms with Crippen LogP contribution in [0.2, 0.25) is 5.02 Å². The Morgan fingerprint density at radius 1 is 1.33 bits per heavy atom. The largest absolute Gasteiger partial charge is 0.493 e. The summed E-state index contributed by atoms with van der Waals surface area (Å²) in [5, 5.41) is 4.00. The van der Waals surface area contributed by atoms with Gasteiger partial charge in [-0.05, 0) is 19.0 Å². The number of benzene rings is 1. The quantitative estimate of drug-likeness (QED) is 0.860. The average Bonchev–Trinajstić information content (AvgIpc) is 2.14. The molecule has 82 valence electrons. The van der Waals surface area contributed by atoms with Crippen molar-refractivity contribution in [1.82, 2.24) is 5.32 Å². The van der Waals surface area contributed by atoms with Gasteiger partial charge in [0.2, 0.25) is 0 Å². The maximum absolute atomic E-state index is 6.02. The summed E-state index contributed by atoms with van der Waals surface area (Å²) in [6.07, 6.45) is 1.11. The molecule has 3 nitrogen and oxygen atoms in total. The zero-order valence-corrected chi connectivity index (χ0v) is 9.60. The third-order valence-electron chi connectivity index (χ3n) is 2.67. The highest BCUT2D eigenvalue weighted by Crippen LogP contribution is 2.40. The van der Waals surface area contributed by atoms with Gasteiger partial charge in [0.05, 0.1) is 14.2 Å². The van der Waals surface area contributed by atoms with Crippen LogP contribution in [-0.4, -0.2) is 20.8 Å². The van der Waals surface area contributed by atoms with E-state index in [0.29, 0.717) is 16.8 Å². The van der Waals surface area contributed by atoms with Gasteiger partial charge in [-0.25, -0.2) is 0 Å². The van der Waals surface area contributed by atoms with E-state index >= 15 is 0 Å². The van der Waals surface area contributed by atoms with Crippen molar-refractivity contribution in [2.75, 3.05) is 20.8 Å². The van der Waals surface area contributed by atoms with Crippen LogP contribution in [0.3, 0.4) is 0 Å². The Hall–Kier alpha value is -0.930. The summed E-state index contributed by atoms with van der Waals surface area (Å²) in [6.45, 7) is 1.04. The highest BCUT2D eigenvalue weighted by Gasteiger charge is 2.24. The topological polar surface area (TPSA) is 30.5 Å². The molecule has 0 amide bonds. The summed E-state index contributed by atoms with van der Waals surface area (Å²) in [4.78, 5) is 0. The van der Waals surface area contributed by atoms with E-state index in [2.05, 4.69) is 5.32 Å². The van der Waals surface area contributed by atoms with E-state index in [1.54, 1.807) is 20.3 Å². The van der Waals surface area contributed by atoms with Gasteiger partial charge in [0.15, 0.2) is 11.5 Å². The van der Waals surface area contributed by atoms with Gasteiger partial charge in [-0.15, -0.1) is 0 Å². The van der Waals surface area contributed by atoms with E-state index in [-0.39, 0.29) is 0 Å². The molecule has 1 aromatic rings. The van der Waals surface area contributed by atoms with Gasteiger partial charge in [0, 0.05) is 22.7 Å². The maximum atomic E-state index is 6.02. The fourth-order valence-corrected chi connectivity index (χ4v) is 1.99. The van der Waals surface area contributed by atoms with Crippen LogP contribution in [0.15, 0.2) is 12.1 Å². The molecule has 0 bridgehead atoms. The third-order valence-corrected chi connectivity index (χ3v) is 2.89. The van der Waals surface area contributed by atoms with Crippen LogP contribution in [0.5, 0.6) is 11.5 Å². The Bertz CT molecular complexity index is 364. The second-order valence-electron chi connectivity index (χ2n) is 3.53. The fraction of sp³-hybridized carbons (Fsp3) is 0.455. The maximum Gasteiger partial charge on any atom is 0.165 e. The predicted molar refractivity (Wildman–Crippen MR) is 59.9 cm³/mol. The molecule has 15 heavy (non-hydrogen) atoms. The number of hydrogen-bond donors (Lipinski definition) is 1. The van der Waals surface area contributed by atoms with Crippen LogP contribution < -0.4 is 14.8 Å². The Balaban J connectivity index is 2.44. The lowest BCUT2D eigenvalue weighted by atomic mass is 9.97. The molecule has 1 aliphatic heterocycles. The van der Waals surface area contributed by atoms with Gasteiger partial charge in [-0.2, -0.15) is 0 Å². The molecule has 4 heteroatoms. The van der Waals surface area contributed by atoms with Crippen LogP contribution in [0.1, 0.15) is 18.0 Å². The monoisotopic (exact) mass is 227 g/mol. The molecular formula is C11H14ClNO2. The lowest BCUT2D eigenvalue weighted by molar-refractivity contribution is 0.328. The van der Waals surface area contributed by atoms with Crippen molar-refractivity contribution >= 4 is 11.6 Å². The van der Waals surface area contributed by atoms with E-state index in [1.165, 1.54) is 0 Å². The van der Waals surface area contributed by atoms with E-state index in [4.69, 9.17) is 21.1 Å². The average molecular weight is 228 g/mol. The lowest BCUT2D eigenvalue weighted by Crippen LogP contribution is -2.35. The molecule has 0 aromatic heterocycles. The van der Waals surface area contributed by atoms with Gasteiger partial charge >= 0.3 is 0 Å². The lowest BCUT2D eigenvalue weighted by Gasteiger charge is -2.29. The van der Waals surface area contributed by atoms with E-state index in [0.717, 1.165) is 24.3 Å². The summed E-state index contributed by atoms with van der Waals surface area (Å²) < 4.78 is 10.6. The van der Waals surface area contributed by atoms with E-state index < -0.39 is 0 Å². The zero-order valence-electron chi connectivity index (χ0n) is 8.84. The standard InChI is InChI=1S/C11H14ClNO2/c1-14-10-6-7(12)5-8(11(10)15-2)9-3-4-13-9/h5-6,9,13H,3-4H2,1-2H3. The second-order valence-corrected chi connectivity index (χ2v) is 3.96. The fourth-order valence-electron chi connectivity index (χ4n) is 1.77. The third kappa shape index (κ3) is 1.90. The first kappa shape index (κ1) is 10.6. The van der Waals surface area contributed by atoms with Gasteiger partial charge in [0.25, 0.3) is 0 Å². The summed E-state index contributed by atoms with van der Waals surface area (Å²) in [5.74, 6) is 1.47. The Labute approximate surface area is 94.3 Å². The van der Waals surface area contributed by atoms with Crippen LogP contribution in [-0.2, 0) is 0 Å². The first-order chi connectivity index (χ1) is 7.26. The summed E-state index contributed by atoms with van der Waals surface area (Å²) in [7, 11) is 3.26. The first-order valence-corrected chi connectivity index (χ1v) is 5.29. The zero-order chi connectivity index (χ0) is 10.8. The SMILES string of the molecule is COc1cc(Cl)cc(C2CCN2)c1OC. The van der Waals surface area contributed by atoms with Crippen LogP contribution >= 0.6 is 11.6 Å². The minimum Gasteiger partial charge on any atom is -0.493 e. The van der Waals surface area contributed by atoms with Crippen molar-refractivity contribution in [3.63, 3.8) is 0 Å². The van der Waals surface area contributed by atoms with Gasteiger partial charge < -0.3 is 14.8 Å². The Kier molecular flexibility index (Phi) is 3.03. The van der Waals surface area contributed by atoms with Crippen LogP contribution in [0.25, 0.3) is 0 Å². The van der Waals surface area contributed by atoms with Gasteiger partial charge in [-0.3, -0.25) is 0 Å². The smallest absolute Gasteiger partial charge is 0.165 e. The number of halogens is 1. The van der Waals surface area contributed by atoms with Crippen molar-refractivity contribution < 1.29 is 9.47 Å². The minimum absolute atomic E-state index is 0.340. The van der Waals surface area contributed by atoms with Crippen LogP contribution in [0.4, 0.5) is 0 Å². The molecule has 0 spiro atoms. The summed E-state index contributed by atoms with van der Waals surface area (Å²) >= 11 is 6.02. The number of nitrogens with one attached hydrogen (secondary N) is 1. The highest BCUT2D eigenvalue weighted by atomic mass is 35.5. The Morgan fingerprint density at radius 2 is 2.07 bits per heavy atom. The summed E-state index contributed by atoms with van der Waals surface area (Å²) in [6, 6.07) is 4.04. The molecule has 1 saturated heterocycles. The Morgan fingerprint density at radius 3 is 2.53 bits per heavy atom. The molecule has 0 radical (unpaired) electrons. The molecule has 1 unspecified atom stereocenters. The summed E-state index contributed by atoms with van der Waals surface area (Å²) in [5.41, 5.74) is 1.08. The van der Waals surface area contributed by atoms with Crippen molar-refractivity contribution in [3.8, 4) is 11.5 Å². The highest BCUT2D eigenvalue weighted by molar-refractivity contribution is 6.30. The number of methoxy groups -OCH3 is 2. The molecule has 1 atom stereocenters. The molecule has 1 aliphatic rings. The normalized spacial score (nSPS) is 19.5. The van der Waals surface area contributed by atoms with Crippen molar-refractivity contribution in [2.45, 2.75) is 12.5 Å². The molecular weight excluding hydrogens is 214 g/mol. The van der Waals surface area contributed by atoms with E-state index in [1.807, 2.05) is 6.07 Å². The van der Waals surface area contributed by atoms with Crippen molar-refractivity contribution in [3.05, 3.63) is 22.7 Å². The van der Waals surface area contributed by atoms with Gasteiger partial charge in [-0.1, -0.05) is 11.6 Å². The molecule has 1 aromatic carbocycles. The van der Waals surface area contributed by atoms with Gasteiger partial charge in [0.1, 0.15) is 0 Å². The predicted octanol–water partition coefficient (Wildman–Crippen LogP) is 2.39. The van der Waals surface area contributed by atoms with Crippen molar-refractivity contribution in [2.24, 2.45) is 0 Å². The molecule has 1 N–H and O–H groups in total. The van der Waals surface area contributed by atoms with E-state index in [9.17, 15) is 0 Å². The number of hydrogen-bond acceptors (Lipinski definition) is 3. The first-order valence-electron chi connectivity index (χ1n) is 4.91. The molecule has 1 fully saturated rings. The molecule has 2 rings (SSSR count). The number of ether oxygens (including phenoxy) is 2. The molecule has 1 heterocycles. The van der Waals surface area contributed by atoms with Crippen molar-refractivity contribution in [1.29, 1.82) is 0 Å².